The zero-order chi connectivity index (χ0) is 15.3. The number of hydrogen-bond acceptors (Lipinski definition) is 3. The van der Waals surface area contributed by atoms with Crippen LogP contribution in [0.3, 0.4) is 0 Å². The van der Waals surface area contributed by atoms with Gasteiger partial charge in [-0.1, -0.05) is 27.2 Å². The fourth-order valence-electron chi connectivity index (χ4n) is 2.50. The van der Waals surface area contributed by atoms with Gasteiger partial charge in [-0.3, -0.25) is 9.59 Å². The van der Waals surface area contributed by atoms with Gasteiger partial charge in [0, 0.05) is 32.1 Å². The molecule has 20 heavy (non-hydrogen) atoms. The second-order valence-corrected chi connectivity index (χ2v) is 6.09. The number of carbonyl (C=O) groups is 2. The number of nitrogens with two attached hydrogens (primary N) is 1. The standard InChI is InChI=1S/C15H29N3O2/c1-5-6-7-13(19)18-9-8-17(10-12(18)4)15(20)14(16)11(2)3/h11-12,14H,5-10,16H2,1-4H3/t12-,14+/m1/s1. The zero-order valence-electron chi connectivity index (χ0n) is 13.3. The van der Waals surface area contributed by atoms with Gasteiger partial charge >= 0.3 is 0 Å². The van der Waals surface area contributed by atoms with Crippen LogP contribution in [0.4, 0.5) is 0 Å². The molecule has 1 saturated heterocycles. The molecule has 0 unspecified atom stereocenters. The Bertz CT molecular complexity index is 344. The minimum Gasteiger partial charge on any atom is -0.338 e. The lowest BCUT2D eigenvalue weighted by Gasteiger charge is -2.41. The molecule has 0 aromatic heterocycles. The van der Waals surface area contributed by atoms with E-state index in [0.717, 1.165) is 12.8 Å². The van der Waals surface area contributed by atoms with E-state index < -0.39 is 6.04 Å². The molecule has 2 atom stereocenters. The number of rotatable bonds is 5. The maximum Gasteiger partial charge on any atom is 0.239 e. The van der Waals surface area contributed by atoms with Gasteiger partial charge in [0.05, 0.1) is 6.04 Å². The predicted molar refractivity (Wildman–Crippen MR) is 80.1 cm³/mol. The molecule has 1 aliphatic rings. The van der Waals surface area contributed by atoms with Crippen LogP contribution in [0.5, 0.6) is 0 Å². The largest absolute Gasteiger partial charge is 0.338 e. The number of unbranched alkanes of at least 4 members (excludes halogenated alkanes) is 1. The van der Waals surface area contributed by atoms with Crippen LogP contribution >= 0.6 is 0 Å². The first kappa shape index (κ1) is 17.0. The number of amides is 2. The van der Waals surface area contributed by atoms with E-state index in [1.54, 1.807) is 4.90 Å². The molecule has 1 rings (SSSR count). The first-order valence-corrected chi connectivity index (χ1v) is 7.72. The van der Waals surface area contributed by atoms with Crippen molar-refractivity contribution in [3.8, 4) is 0 Å². The molecule has 1 heterocycles. The van der Waals surface area contributed by atoms with Crippen molar-refractivity contribution in [3.63, 3.8) is 0 Å². The summed E-state index contributed by atoms with van der Waals surface area (Å²) in [6.07, 6.45) is 2.57. The molecule has 5 nitrogen and oxygen atoms in total. The van der Waals surface area contributed by atoms with Gasteiger partial charge in [-0.05, 0) is 19.3 Å². The maximum atomic E-state index is 12.2. The lowest BCUT2D eigenvalue weighted by molar-refractivity contribution is -0.143. The van der Waals surface area contributed by atoms with E-state index >= 15 is 0 Å². The van der Waals surface area contributed by atoms with Crippen molar-refractivity contribution in [1.29, 1.82) is 0 Å². The molecule has 5 heteroatoms. The van der Waals surface area contributed by atoms with Gasteiger partial charge in [0.1, 0.15) is 0 Å². The van der Waals surface area contributed by atoms with Crippen molar-refractivity contribution in [3.05, 3.63) is 0 Å². The third-order valence-electron chi connectivity index (χ3n) is 4.01. The first-order valence-electron chi connectivity index (χ1n) is 7.72. The van der Waals surface area contributed by atoms with Crippen molar-refractivity contribution in [1.82, 2.24) is 9.80 Å². The normalized spacial score (nSPS) is 21.2. The molecule has 1 fully saturated rings. The molecule has 2 N–H and O–H groups in total. The van der Waals surface area contributed by atoms with Crippen molar-refractivity contribution in [2.45, 2.75) is 59.0 Å². The van der Waals surface area contributed by atoms with E-state index in [2.05, 4.69) is 6.92 Å². The first-order chi connectivity index (χ1) is 9.38. The smallest absolute Gasteiger partial charge is 0.239 e. The third-order valence-corrected chi connectivity index (χ3v) is 4.01. The lowest BCUT2D eigenvalue weighted by Crippen LogP contribution is -2.58. The predicted octanol–water partition coefficient (Wildman–Crippen LogP) is 1.22. The summed E-state index contributed by atoms with van der Waals surface area (Å²) in [6, 6.07) is -0.360. The van der Waals surface area contributed by atoms with Crippen LogP contribution in [0.2, 0.25) is 0 Å². The zero-order valence-corrected chi connectivity index (χ0v) is 13.3. The van der Waals surface area contributed by atoms with Gasteiger partial charge in [0.2, 0.25) is 11.8 Å². The summed E-state index contributed by atoms with van der Waals surface area (Å²) in [4.78, 5) is 28.0. The van der Waals surface area contributed by atoms with Crippen molar-refractivity contribution in [2.24, 2.45) is 11.7 Å². The average molecular weight is 283 g/mol. The molecular formula is C15H29N3O2. The van der Waals surface area contributed by atoms with Gasteiger partial charge in [-0.15, -0.1) is 0 Å². The van der Waals surface area contributed by atoms with Gasteiger partial charge in [-0.25, -0.2) is 0 Å². The van der Waals surface area contributed by atoms with Gasteiger partial charge in [-0.2, -0.15) is 0 Å². The summed E-state index contributed by atoms with van der Waals surface area (Å²) in [5, 5.41) is 0. The highest BCUT2D eigenvalue weighted by atomic mass is 16.2. The Morgan fingerprint density at radius 3 is 2.45 bits per heavy atom. The molecule has 0 bridgehead atoms. The summed E-state index contributed by atoms with van der Waals surface area (Å²) in [5.74, 6) is 0.356. The van der Waals surface area contributed by atoms with E-state index in [1.807, 2.05) is 25.7 Å². The Labute approximate surface area is 122 Å². The Morgan fingerprint density at radius 2 is 1.95 bits per heavy atom. The van der Waals surface area contributed by atoms with Crippen LogP contribution in [-0.4, -0.2) is 53.3 Å². The minimum atomic E-state index is -0.440. The summed E-state index contributed by atoms with van der Waals surface area (Å²) in [5.41, 5.74) is 5.92. The number of carbonyl (C=O) groups excluding carboxylic acids is 2. The molecule has 0 spiro atoms. The third kappa shape index (κ3) is 4.20. The lowest BCUT2D eigenvalue weighted by atomic mass is 10.0. The highest BCUT2D eigenvalue weighted by molar-refractivity contribution is 5.82. The molecule has 0 aromatic rings. The highest BCUT2D eigenvalue weighted by Gasteiger charge is 2.31. The second-order valence-electron chi connectivity index (χ2n) is 6.09. The van der Waals surface area contributed by atoms with Gasteiger partial charge in [0.15, 0.2) is 0 Å². The molecule has 1 aliphatic heterocycles. The van der Waals surface area contributed by atoms with E-state index in [0.29, 0.717) is 26.1 Å². The molecule has 116 valence electrons. The van der Waals surface area contributed by atoms with E-state index in [-0.39, 0.29) is 23.8 Å². The fourth-order valence-corrected chi connectivity index (χ4v) is 2.50. The molecule has 0 radical (unpaired) electrons. The van der Waals surface area contributed by atoms with Crippen molar-refractivity contribution in [2.75, 3.05) is 19.6 Å². The summed E-state index contributed by atoms with van der Waals surface area (Å²) in [6.45, 7) is 9.82. The number of nitrogens with zero attached hydrogens (tertiary/aromatic N) is 2. The Morgan fingerprint density at radius 1 is 1.30 bits per heavy atom. The SMILES string of the molecule is CCCCC(=O)N1CCN(C(=O)[C@@H](N)C(C)C)C[C@H]1C. The number of piperazine rings is 1. The van der Waals surface area contributed by atoms with Crippen molar-refractivity contribution >= 4 is 11.8 Å². The maximum absolute atomic E-state index is 12.2. The Hall–Kier alpha value is -1.10. The minimum absolute atomic E-state index is 0.00695. The van der Waals surface area contributed by atoms with Crippen LogP contribution in [0, 0.1) is 5.92 Å². The number of hydrogen-bond donors (Lipinski definition) is 1. The molecule has 0 saturated carbocycles. The van der Waals surface area contributed by atoms with Crippen LogP contribution in [0.15, 0.2) is 0 Å². The van der Waals surface area contributed by atoms with Crippen LogP contribution < -0.4 is 5.73 Å². The topological polar surface area (TPSA) is 66.6 Å². The molecular weight excluding hydrogens is 254 g/mol. The summed E-state index contributed by atoms with van der Waals surface area (Å²) in [7, 11) is 0. The summed E-state index contributed by atoms with van der Waals surface area (Å²) < 4.78 is 0. The quantitative estimate of drug-likeness (QED) is 0.825. The second kappa shape index (κ2) is 7.62. The Kier molecular flexibility index (Phi) is 6.46. The van der Waals surface area contributed by atoms with E-state index in [9.17, 15) is 9.59 Å². The molecule has 0 aromatic carbocycles. The monoisotopic (exact) mass is 283 g/mol. The summed E-state index contributed by atoms with van der Waals surface area (Å²) >= 11 is 0. The van der Waals surface area contributed by atoms with Crippen LogP contribution in [0.1, 0.15) is 47.0 Å². The Balaban J connectivity index is 2.54. The average Bonchev–Trinajstić information content (AvgIpc) is 2.42. The van der Waals surface area contributed by atoms with Crippen LogP contribution in [-0.2, 0) is 9.59 Å². The van der Waals surface area contributed by atoms with Crippen molar-refractivity contribution < 1.29 is 9.59 Å². The molecule has 2 amide bonds. The molecule has 0 aliphatic carbocycles. The van der Waals surface area contributed by atoms with E-state index in [1.165, 1.54) is 0 Å². The van der Waals surface area contributed by atoms with Gasteiger partial charge in [0.25, 0.3) is 0 Å². The van der Waals surface area contributed by atoms with E-state index in [4.69, 9.17) is 5.73 Å². The highest BCUT2D eigenvalue weighted by Crippen LogP contribution is 2.14. The van der Waals surface area contributed by atoms with Gasteiger partial charge < -0.3 is 15.5 Å². The fraction of sp³-hybridized carbons (Fsp3) is 0.867. The van der Waals surface area contributed by atoms with Crippen LogP contribution in [0.25, 0.3) is 0 Å².